The van der Waals surface area contributed by atoms with E-state index in [0.717, 1.165) is 5.56 Å². The van der Waals surface area contributed by atoms with Gasteiger partial charge in [0.1, 0.15) is 0 Å². The summed E-state index contributed by atoms with van der Waals surface area (Å²) in [5.41, 5.74) is 13.4. The van der Waals surface area contributed by atoms with Crippen LogP contribution in [0.1, 0.15) is 15.9 Å². The third-order valence-corrected chi connectivity index (χ3v) is 2.60. The fraction of sp³-hybridized carbons (Fsp3) is 0.133. The molecule has 2 aromatic carbocycles. The molecule has 2 rings (SSSR count). The van der Waals surface area contributed by atoms with Crippen molar-refractivity contribution in [3.63, 3.8) is 0 Å². The van der Waals surface area contributed by atoms with Crippen molar-refractivity contribution in [1.29, 1.82) is 0 Å². The fourth-order valence-corrected chi connectivity index (χ4v) is 1.71. The minimum Gasteiger partial charge on any atom is -0.435 e. The molecule has 0 fully saturated rings. The van der Waals surface area contributed by atoms with Crippen LogP contribution in [0.15, 0.2) is 48.5 Å². The van der Waals surface area contributed by atoms with E-state index in [4.69, 9.17) is 20.9 Å². The Bertz CT molecular complexity index is 565. The van der Waals surface area contributed by atoms with E-state index in [1.54, 1.807) is 6.07 Å². The summed E-state index contributed by atoms with van der Waals surface area (Å²) in [6.45, 7) is 0.260. The van der Waals surface area contributed by atoms with Gasteiger partial charge in [0.25, 0.3) is 0 Å². The SMILES string of the molecule is Nc1cc(N)cc(C(=O)OCOCc2ccccc2)c1. The van der Waals surface area contributed by atoms with Crippen LogP contribution in [-0.4, -0.2) is 12.8 Å². The number of benzene rings is 2. The summed E-state index contributed by atoms with van der Waals surface area (Å²) in [6, 6.07) is 14.2. The molecule has 104 valence electrons. The highest BCUT2D eigenvalue weighted by Crippen LogP contribution is 2.14. The lowest BCUT2D eigenvalue weighted by atomic mass is 10.2. The van der Waals surface area contributed by atoms with E-state index >= 15 is 0 Å². The van der Waals surface area contributed by atoms with Gasteiger partial charge in [-0.05, 0) is 23.8 Å². The van der Waals surface area contributed by atoms with Crippen molar-refractivity contribution in [1.82, 2.24) is 0 Å². The summed E-state index contributed by atoms with van der Waals surface area (Å²) in [5, 5.41) is 0. The molecule has 0 atom stereocenters. The summed E-state index contributed by atoms with van der Waals surface area (Å²) >= 11 is 0. The molecule has 0 saturated heterocycles. The van der Waals surface area contributed by atoms with Gasteiger partial charge in [0, 0.05) is 11.4 Å². The Labute approximate surface area is 117 Å². The Kier molecular flexibility index (Phi) is 4.57. The van der Waals surface area contributed by atoms with Gasteiger partial charge >= 0.3 is 5.97 Å². The first kappa shape index (κ1) is 13.9. The number of nitrogen functional groups attached to an aromatic ring is 2. The monoisotopic (exact) mass is 272 g/mol. The van der Waals surface area contributed by atoms with Crippen molar-refractivity contribution in [2.45, 2.75) is 6.61 Å². The molecule has 20 heavy (non-hydrogen) atoms. The first-order valence-electron chi connectivity index (χ1n) is 6.10. The summed E-state index contributed by atoms with van der Waals surface area (Å²) in [4.78, 5) is 11.7. The lowest BCUT2D eigenvalue weighted by Crippen LogP contribution is -2.09. The van der Waals surface area contributed by atoms with E-state index in [2.05, 4.69) is 0 Å². The Morgan fingerprint density at radius 3 is 2.30 bits per heavy atom. The molecule has 5 heteroatoms. The van der Waals surface area contributed by atoms with Gasteiger partial charge in [-0.2, -0.15) is 0 Å². The molecule has 2 aromatic rings. The zero-order chi connectivity index (χ0) is 14.4. The minimum absolute atomic E-state index is 0.123. The summed E-state index contributed by atoms with van der Waals surface area (Å²) in [7, 11) is 0. The quantitative estimate of drug-likeness (QED) is 0.377. The third kappa shape index (κ3) is 4.00. The molecule has 0 spiro atoms. The van der Waals surface area contributed by atoms with Crippen molar-refractivity contribution in [2.24, 2.45) is 0 Å². The highest BCUT2D eigenvalue weighted by atomic mass is 16.7. The van der Waals surface area contributed by atoms with Gasteiger partial charge in [0.05, 0.1) is 12.2 Å². The van der Waals surface area contributed by atoms with E-state index in [0.29, 0.717) is 23.5 Å². The topological polar surface area (TPSA) is 87.6 Å². The second-order valence-corrected chi connectivity index (χ2v) is 4.27. The standard InChI is InChI=1S/C15H16N2O3/c16-13-6-12(7-14(17)8-13)15(18)20-10-19-9-11-4-2-1-3-5-11/h1-8H,9-10,16-17H2. The highest BCUT2D eigenvalue weighted by Gasteiger charge is 2.08. The van der Waals surface area contributed by atoms with E-state index in [9.17, 15) is 4.79 Å². The third-order valence-electron chi connectivity index (χ3n) is 2.60. The summed E-state index contributed by atoms with van der Waals surface area (Å²) in [5.74, 6) is -0.517. The maximum absolute atomic E-state index is 11.7. The molecule has 0 amide bonds. The van der Waals surface area contributed by atoms with Crippen LogP contribution in [0, 0.1) is 0 Å². The van der Waals surface area contributed by atoms with Crippen LogP contribution in [0.4, 0.5) is 11.4 Å². The molecule has 0 bridgehead atoms. The van der Waals surface area contributed by atoms with Crippen molar-refractivity contribution in [2.75, 3.05) is 18.3 Å². The van der Waals surface area contributed by atoms with Gasteiger partial charge in [0.15, 0.2) is 6.79 Å². The van der Waals surface area contributed by atoms with E-state index < -0.39 is 5.97 Å². The van der Waals surface area contributed by atoms with Crippen LogP contribution < -0.4 is 11.5 Å². The van der Waals surface area contributed by atoms with E-state index in [-0.39, 0.29) is 6.79 Å². The number of anilines is 2. The zero-order valence-electron chi connectivity index (χ0n) is 10.9. The van der Waals surface area contributed by atoms with Crippen LogP contribution in [0.3, 0.4) is 0 Å². The number of esters is 1. The van der Waals surface area contributed by atoms with Gasteiger partial charge < -0.3 is 20.9 Å². The van der Waals surface area contributed by atoms with Gasteiger partial charge in [-0.3, -0.25) is 0 Å². The van der Waals surface area contributed by atoms with E-state index in [1.165, 1.54) is 12.1 Å². The maximum Gasteiger partial charge on any atom is 0.340 e. The Balaban J connectivity index is 1.80. The van der Waals surface area contributed by atoms with Crippen molar-refractivity contribution in [3.8, 4) is 0 Å². The lowest BCUT2D eigenvalue weighted by molar-refractivity contribution is -0.0381. The number of nitrogens with two attached hydrogens (primary N) is 2. The van der Waals surface area contributed by atoms with Crippen LogP contribution in [0.5, 0.6) is 0 Å². The predicted molar refractivity (Wildman–Crippen MR) is 76.8 cm³/mol. The average molecular weight is 272 g/mol. The fourth-order valence-electron chi connectivity index (χ4n) is 1.71. The van der Waals surface area contributed by atoms with Crippen LogP contribution in [-0.2, 0) is 16.1 Å². The summed E-state index contributed by atoms with van der Waals surface area (Å²) in [6.07, 6.45) is 0. The zero-order valence-corrected chi connectivity index (χ0v) is 10.9. The Morgan fingerprint density at radius 2 is 1.65 bits per heavy atom. The average Bonchev–Trinajstić information content (AvgIpc) is 2.43. The van der Waals surface area contributed by atoms with Crippen LogP contribution in [0.25, 0.3) is 0 Å². The number of hydrogen-bond acceptors (Lipinski definition) is 5. The van der Waals surface area contributed by atoms with Crippen LogP contribution >= 0.6 is 0 Å². The number of carbonyl (C=O) groups excluding carboxylic acids is 1. The van der Waals surface area contributed by atoms with Gasteiger partial charge in [-0.15, -0.1) is 0 Å². The second-order valence-electron chi connectivity index (χ2n) is 4.27. The largest absolute Gasteiger partial charge is 0.435 e. The molecule has 0 aliphatic heterocycles. The molecule has 0 unspecified atom stereocenters. The predicted octanol–water partition coefficient (Wildman–Crippen LogP) is 2.18. The molecule has 0 radical (unpaired) electrons. The molecule has 0 heterocycles. The van der Waals surface area contributed by atoms with Crippen molar-refractivity contribution < 1.29 is 14.3 Å². The first-order chi connectivity index (χ1) is 9.65. The molecular weight excluding hydrogens is 256 g/mol. The van der Waals surface area contributed by atoms with E-state index in [1.807, 2.05) is 30.3 Å². The Morgan fingerprint density at radius 1 is 1.00 bits per heavy atom. The number of hydrogen-bond donors (Lipinski definition) is 2. The molecule has 0 aliphatic rings. The Hall–Kier alpha value is -2.53. The maximum atomic E-state index is 11.7. The highest BCUT2D eigenvalue weighted by molar-refractivity contribution is 5.91. The molecule has 4 N–H and O–H groups in total. The molecule has 0 aromatic heterocycles. The molecule has 0 aliphatic carbocycles. The number of ether oxygens (including phenoxy) is 2. The van der Waals surface area contributed by atoms with Gasteiger partial charge in [0.2, 0.25) is 0 Å². The normalized spacial score (nSPS) is 10.2. The number of carbonyl (C=O) groups is 1. The first-order valence-corrected chi connectivity index (χ1v) is 6.10. The van der Waals surface area contributed by atoms with Crippen LogP contribution in [0.2, 0.25) is 0 Å². The minimum atomic E-state index is -0.517. The van der Waals surface area contributed by atoms with Gasteiger partial charge in [-0.1, -0.05) is 30.3 Å². The van der Waals surface area contributed by atoms with Crippen molar-refractivity contribution in [3.05, 3.63) is 59.7 Å². The van der Waals surface area contributed by atoms with Gasteiger partial charge in [-0.25, -0.2) is 4.79 Å². The lowest BCUT2D eigenvalue weighted by Gasteiger charge is -2.07. The molecular formula is C15H16N2O3. The smallest absolute Gasteiger partial charge is 0.340 e. The molecule has 5 nitrogen and oxygen atoms in total. The molecule has 0 saturated carbocycles. The summed E-state index contributed by atoms with van der Waals surface area (Å²) < 4.78 is 10.3. The second kappa shape index (κ2) is 6.58. The van der Waals surface area contributed by atoms with Crippen molar-refractivity contribution >= 4 is 17.3 Å². The number of rotatable bonds is 5.